The number of hydrogen-bond donors (Lipinski definition) is 1. The van der Waals surface area contributed by atoms with E-state index in [1.807, 2.05) is 0 Å². The van der Waals surface area contributed by atoms with E-state index >= 15 is 0 Å². The minimum absolute atomic E-state index is 0.561. The van der Waals surface area contributed by atoms with Crippen LogP contribution in [0, 0.1) is 13.8 Å². The predicted molar refractivity (Wildman–Crippen MR) is 79.8 cm³/mol. The van der Waals surface area contributed by atoms with E-state index in [9.17, 15) is 0 Å². The van der Waals surface area contributed by atoms with Crippen molar-refractivity contribution in [1.29, 1.82) is 0 Å². The highest BCUT2D eigenvalue weighted by Crippen LogP contribution is 2.14. The zero-order valence-electron chi connectivity index (χ0n) is 11.7. The number of nitrogens with one attached hydrogen (secondary N) is 1. The molecule has 0 aromatic heterocycles. The molecule has 1 aromatic rings. The zero-order chi connectivity index (χ0) is 12.8. The van der Waals surface area contributed by atoms with Crippen LogP contribution in [0.3, 0.4) is 0 Å². The van der Waals surface area contributed by atoms with Crippen LogP contribution in [0.25, 0.3) is 6.08 Å². The molecule has 1 unspecified atom stereocenters. The van der Waals surface area contributed by atoms with Crippen molar-refractivity contribution in [2.24, 2.45) is 0 Å². The summed E-state index contributed by atoms with van der Waals surface area (Å²) >= 11 is 0. The number of hydrogen-bond acceptors (Lipinski definition) is 1. The van der Waals surface area contributed by atoms with Crippen LogP contribution in [0.4, 0.5) is 0 Å². The Morgan fingerprint density at radius 3 is 2.50 bits per heavy atom. The summed E-state index contributed by atoms with van der Waals surface area (Å²) < 4.78 is 0. The number of rotatable bonds is 2. The van der Waals surface area contributed by atoms with Gasteiger partial charge in [-0.25, -0.2) is 0 Å². The average Bonchev–Trinajstić information content (AvgIpc) is 2.26. The van der Waals surface area contributed by atoms with Gasteiger partial charge in [0.25, 0.3) is 0 Å². The maximum atomic E-state index is 3.63. The molecular weight excluding hydrogens is 218 g/mol. The van der Waals surface area contributed by atoms with Gasteiger partial charge in [0.05, 0.1) is 0 Å². The van der Waals surface area contributed by atoms with E-state index in [1.165, 1.54) is 55.3 Å². The lowest BCUT2D eigenvalue weighted by Crippen LogP contribution is -2.29. The summed E-state index contributed by atoms with van der Waals surface area (Å²) in [6.07, 6.45) is 11.4. The van der Waals surface area contributed by atoms with Gasteiger partial charge < -0.3 is 5.32 Å². The second-order valence-electron chi connectivity index (χ2n) is 5.54. The summed E-state index contributed by atoms with van der Waals surface area (Å²) in [6.45, 7) is 5.50. The maximum Gasteiger partial charge on any atom is 0.0253 e. The highest BCUT2D eigenvalue weighted by atomic mass is 14.9. The van der Waals surface area contributed by atoms with Gasteiger partial charge in [0.2, 0.25) is 0 Å². The van der Waals surface area contributed by atoms with Crippen molar-refractivity contribution in [3.63, 3.8) is 0 Å². The molecule has 1 aliphatic rings. The zero-order valence-corrected chi connectivity index (χ0v) is 11.7. The summed E-state index contributed by atoms with van der Waals surface area (Å²) in [6, 6.07) is 7.30. The van der Waals surface area contributed by atoms with Crippen molar-refractivity contribution in [2.45, 2.75) is 52.0 Å². The molecule has 0 saturated carbocycles. The molecule has 1 aromatic carbocycles. The average molecular weight is 243 g/mol. The summed E-state index contributed by atoms with van der Waals surface area (Å²) in [5.74, 6) is 0. The third-order valence-electron chi connectivity index (χ3n) is 3.61. The number of aryl methyl sites for hydroxylation is 2. The largest absolute Gasteiger partial charge is 0.311 e. The molecular formula is C17H25N. The molecule has 1 heterocycles. The van der Waals surface area contributed by atoms with Gasteiger partial charge in [-0.2, -0.15) is 0 Å². The topological polar surface area (TPSA) is 12.0 Å². The molecule has 1 N–H and O–H groups in total. The van der Waals surface area contributed by atoms with E-state index in [0.29, 0.717) is 6.04 Å². The number of benzene rings is 1. The van der Waals surface area contributed by atoms with Crippen molar-refractivity contribution in [3.05, 3.63) is 41.0 Å². The first kappa shape index (κ1) is 13.4. The summed E-state index contributed by atoms with van der Waals surface area (Å²) in [4.78, 5) is 0. The van der Waals surface area contributed by atoms with Crippen LogP contribution in [0.15, 0.2) is 24.3 Å². The van der Waals surface area contributed by atoms with Gasteiger partial charge >= 0.3 is 0 Å². The van der Waals surface area contributed by atoms with Crippen LogP contribution in [0.5, 0.6) is 0 Å². The molecule has 98 valence electrons. The Labute approximate surface area is 111 Å². The summed E-state index contributed by atoms with van der Waals surface area (Å²) in [7, 11) is 0. The molecule has 1 atom stereocenters. The summed E-state index contributed by atoms with van der Waals surface area (Å²) in [5.41, 5.74) is 4.02. The van der Waals surface area contributed by atoms with E-state index < -0.39 is 0 Å². The third-order valence-corrected chi connectivity index (χ3v) is 3.61. The first-order chi connectivity index (χ1) is 8.74. The van der Waals surface area contributed by atoms with Crippen molar-refractivity contribution in [1.82, 2.24) is 5.32 Å². The van der Waals surface area contributed by atoms with Gasteiger partial charge in [-0.05, 0) is 38.8 Å². The van der Waals surface area contributed by atoms with E-state index in [2.05, 4.69) is 49.5 Å². The Balaban J connectivity index is 1.99. The fraction of sp³-hybridized carbons (Fsp3) is 0.529. The van der Waals surface area contributed by atoms with Crippen molar-refractivity contribution in [2.75, 3.05) is 6.54 Å². The van der Waals surface area contributed by atoms with E-state index in [4.69, 9.17) is 0 Å². The minimum Gasteiger partial charge on any atom is -0.311 e. The van der Waals surface area contributed by atoms with Gasteiger partial charge in [-0.1, -0.05) is 60.7 Å². The highest BCUT2D eigenvalue weighted by molar-refractivity contribution is 5.52. The molecule has 0 amide bonds. The standard InChI is InChI=1S/C17H25N/c1-14-11-15(2)13-16(12-14)8-9-17-7-5-3-4-6-10-18-17/h8-9,11-13,17-18H,3-7,10H2,1-2H3/b9-8+. The van der Waals surface area contributed by atoms with Crippen molar-refractivity contribution < 1.29 is 0 Å². The van der Waals surface area contributed by atoms with Crippen LogP contribution in [0.1, 0.15) is 48.8 Å². The molecule has 1 saturated heterocycles. The van der Waals surface area contributed by atoms with Gasteiger partial charge in [-0.3, -0.25) is 0 Å². The minimum atomic E-state index is 0.561. The first-order valence-electron chi connectivity index (χ1n) is 7.24. The van der Waals surface area contributed by atoms with Crippen LogP contribution in [-0.4, -0.2) is 12.6 Å². The van der Waals surface area contributed by atoms with E-state index in [0.717, 1.165) is 0 Å². The van der Waals surface area contributed by atoms with Crippen molar-refractivity contribution in [3.8, 4) is 0 Å². The van der Waals surface area contributed by atoms with Gasteiger partial charge in [-0.15, -0.1) is 0 Å². The lowest BCUT2D eigenvalue weighted by molar-refractivity contribution is 0.465. The van der Waals surface area contributed by atoms with E-state index in [-0.39, 0.29) is 0 Å². The van der Waals surface area contributed by atoms with E-state index in [1.54, 1.807) is 0 Å². The van der Waals surface area contributed by atoms with Gasteiger partial charge in [0, 0.05) is 6.04 Å². The fourth-order valence-corrected chi connectivity index (χ4v) is 2.73. The second-order valence-corrected chi connectivity index (χ2v) is 5.54. The molecule has 1 fully saturated rings. The second kappa shape index (κ2) is 6.75. The quantitative estimate of drug-likeness (QED) is 0.819. The Morgan fingerprint density at radius 2 is 1.72 bits per heavy atom. The van der Waals surface area contributed by atoms with Crippen molar-refractivity contribution >= 4 is 6.08 Å². The lowest BCUT2D eigenvalue weighted by Gasteiger charge is -2.18. The van der Waals surface area contributed by atoms with Crippen LogP contribution in [-0.2, 0) is 0 Å². The smallest absolute Gasteiger partial charge is 0.0253 e. The third kappa shape index (κ3) is 4.30. The Hall–Kier alpha value is -1.08. The first-order valence-corrected chi connectivity index (χ1v) is 7.24. The maximum absolute atomic E-state index is 3.63. The fourth-order valence-electron chi connectivity index (χ4n) is 2.73. The molecule has 1 aliphatic heterocycles. The molecule has 0 aliphatic carbocycles. The molecule has 18 heavy (non-hydrogen) atoms. The van der Waals surface area contributed by atoms with Crippen LogP contribution in [0.2, 0.25) is 0 Å². The molecule has 0 spiro atoms. The Morgan fingerprint density at radius 1 is 1.00 bits per heavy atom. The molecule has 1 heteroatoms. The highest BCUT2D eigenvalue weighted by Gasteiger charge is 2.06. The van der Waals surface area contributed by atoms with Gasteiger partial charge in [0.15, 0.2) is 0 Å². The normalized spacial score (nSPS) is 21.8. The Kier molecular flexibility index (Phi) is 5.00. The van der Waals surface area contributed by atoms with Gasteiger partial charge in [0.1, 0.15) is 0 Å². The molecule has 0 bridgehead atoms. The van der Waals surface area contributed by atoms with Crippen LogP contribution < -0.4 is 5.32 Å². The predicted octanol–water partition coefficient (Wildman–Crippen LogP) is 4.24. The SMILES string of the molecule is Cc1cc(C)cc(/C=C/C2CCCCCCN2)c1. The Bertz CT molecular complexity index is 378. The monoisotopic (exact) mass is 243 g/mol. The lowest BCUT2D eigenvalue weighted by atomic mass is 10.0. The van der Waals surface area contributed by atoms with Crippen LogP contribution >= 0.6 is 0 Å². The summed E-state index contributed by atoms with van der Waals surface area (Å²) in [5, 5.41) is 3.63. The molecule has 0 radical (unpaired) electrons. The molecule has 2 rings (SSSR count). The molecule has 1 nitrogen and oxygen atoms in total.